The molecule has 4 aromatic rings. The van der Waals surface area contributed by atoms with Gasteiger partial charge in [0.15, 0.2) is 0 Å². The Morgan fingerprint density at radius 2 is 0.552 bits per heavy atom. The molecule has 2 heteroatoms. The van der Waals surface area contributed by atoms with Crippen LogP contribution in [0, 0.1) is 0 Å². The van der Waals surface area contributed by atoms with Crippen molar-refractivity contribution >= 4 is 11.4 Å². The van der Waals surface area contributed by atoms with Gasteiger partial charge in [-0.25, -0.2) is 0 Å². The zero-order valence-electron chi connectivity index (χ0n) is 37.5. The SMILES string of the molecule is CCCCCc1cc(CCCCCCCCCCCCCCCCCCCCc2ccc(Cc3ccc(N)cc3)c(CCCCC)c2)ccc1Cc1ccc(N)cc1. The smallest absolute Gasteiger partial charge is 0.0314 e. The first-order valence-corrected chi connectivity index (χ1v) is 24.4. The highest BCUT2D eigenvalue weighted by Crippen LogP contribution is 2.24. The quantitative estimate of drug-likeness (QED) is 0.0373. The van der Waals surface area contributed by atoms with E-state index < -0.39 is 0 Å². The Kier molecular flexibility index (Phi) is 24.1. The molecule has 0 aliphatic rings. The summed E-state index contributed by atoms with van der Waals surface area (Å²) in [6.07, 6.45) is 40.1. The Bertz CT molecular complexity index is 1490. The van der Waals surface area contributed by atoms with Crippen molar-refractivity contribution in [2.24, 2.45) is 0 Å². The third-order valence-corrected chi connectivity index (χ3v) is 12.6. The maximum absolute atomic E-state index is 5.92. The fourth-order valence-electron chi connectivity index (χ4n) is 8.81. The standard InChI is InChI=1S/C56H84N2/c1-3-5-23-29-51-43-47(31-37-53(51)45-49-33-39-55(57)40-34-49)27-25-21-19-17-15-13-11-9-7-8-10-12-14-16-18-20-22-26-28-48-32-38-54(52(44-48)30-24-6-4-2)46-50-35-41-56(58)42-36-50/h31-44H,3-30,45-46,57-58H2,1-2H3. The highest BCUT2D eigenvalue weighted by Gasteiger charge is 2.09. The van der Waals surface area contributed by atoms with Gasteiger partial charge in [0, 0.05) is 11.4 Å². The van der Waals surface area contributed by atoms with E-state index in [1.54, 1.807) is 11.1 Å². The summed E-state index contributed by atoms with van der Waals surface area (Å²) in [6.45, 7) is 4.60. The molecular formula is C56H84N2. The molecule has 0 saturated heterocycles. The maximum Gasteiger partial charge on any atom is 0.0314 e. The average molecular weight is 785 g/mol. The molecule has 0 amide bonds. The lowest BCUT2D eigenvalue weighted by atomic mass is 9.93. The summed E-state index contributed by atoms with van der Waals surface area (Å²) in [4.78, 5) is 0. The van der Waals surface area contributed by atoms with E-state index >= 15 is 0 Å². The molecule has 0 aromatic heterocycles. The van der Waals surface area contributed by atoms with Crippen molar-refractivity contribution in [3.63, 3.8) is 0 Å². The van der Waals surface area contributed by atoms with Crippen LogP contribution in [0.3, 0.4) is 0 Å². The minimum Gasteiger partial charge on any atom is -0.399 e. The van der Waals surface area contributed by atoms with Crippen LogP contribution in [-0.2, 0) is 38.5 Å². The van der Waals surface area contributed by atoms with Gasteiger partial charge in [-0.15, -0.1) is 0 Å². The summed E-state index contributed by atoms with van der Waals surface area (Å²) < 4.78 is 0. The van der Waals surface area contributed by atoms with Gasteiger partial charge in [-0.1, -0.05) is 203 Å². The van der Waals surface area contributed by atoms with Gasteiger partial charge in [-0.05, 0) is 133 Å². The van der Waals surface area contributed by atoms with Crippen LogP contribution in [0.4, 0.5) is 11.4 Å². The number of hydrogen-bond acceptors (Lipinski definition) is 2. The first-order valence-electron chi connectivity index (χ1n) is 24.4. The topological polar surface area (TPSA) is 52.0 Å². The molecule has 318 valence electrons. The van der Waals surface area contributed by atoms with E-state index in [9.17, 15) is 0 Å². The van der Waals surface area contributed by atoms with Gasteiger partial charge < -0.3 is 11.5 Å². The number of nitrogen functional groups attached to an aromatic ring is 2. The predicted octanol–water partition coefficient (Wildman–Crippen LogP) is 16.3. The number of hydrogen-bond donors (Lipinski definition) is 2. The largest absolute Gasteiger partial charge is 0.399 e. The summed E-state index contributed by atoms with van der Waals surface area (Å²) in [7, 11) is 0. The molecule has 4 aromatic carbocycles. The Balaban J connectivity index is 0.946. The highest BCUT2D eigenvalue weighted by molar-refractivity contribution is 5.43. The molecule has 0 unspecified atom stereocenters. The zero-order valence-corrected chi connectivity index (χ0v) is 37.5. The van der Waals surface area contributed by atoms with Gasteiger partial charge in [0.25, 0.3) is 0 Å². The van der Waals surface area contributed by atoms with E-state index in [1.165, 1.54) is 213 Å². The zero-order chi connectivity index (χ0) is 40.9. The van der Waals surface area contributed by atoms with E-state index in [1.807, 2.05) is 24.3 Å². The second kappa shape index (κ2) is 29.7. The number of benzene rings is 4. The van der Waals surface area contributed by atoms with Gasteiger partial charge in [0.2, 0.25) is 0 Å². The maximum atomic E-state index is 5.92. The van der Waals surface area contributed by atoms with Crippen LogP contribution in [0.1, 0.15) is 212 Å². The van der Waals surface area contributed by atoms with Crippen LogP contribution < -0.4 is 11.5 Å². The molecule has 4 N–H and O–H groups in total. The van der Waals surface area contributed by atoms with Crippen LogP contribution in [0.5, 0.6) is 0 Å². The molecule has 0 radical (unpaired) electrons. The van der Waals surface area contributed by atoms with Gasteiger partial charge in [0.1, 0.15) is 0 Å². The molecule has 0 spiro atoms. The molecule has 0 bridgehead atoms. The Hall–Kier alpha value is -3.52. The molecule has 0 saturated carbocycles. The van der Waals surface area contributed by atoms with Gasteiger partial charge in [-0.2, -0.15) is 0 Å². The number of unbranched alkanes of at least 4 members (excludes halogenated alkanes) is 21. The lowest BCUT2D eigenvalue weighted by Gasteiger charge is -2.13. The summed E-state index contributed by atoms with van der Waals surface area (Å²) in [5, 5.41) is 0. The van der Waals surface area contributed by atoms with Crippen molar-refractivity contribution in [2.45, 2.75) is 206 Å². The highest BCUT2D eigenvalue weighted by atomic mass is 14.5. The molecule has 0 fully saturated rings. The molecule has 0 aliphatic heterocycles. The van der Waals surface area contributed by atoms with Crippen LogP contribution in [-0.4, -0.2) is 0 Å². The molecule has 58 heavy (non-hydrogen) atoms. The van der Waals surface area contributed by atoms with Crippen molar-refractivity contribution in [1.29, 1.82) is 0 Å². The minimum atomic E-state index is 0.846. The number of aryl methyl sites for hydroxylation is 4. The van der Waals surface area contributed by atoms with Crippen LogP contribution >= 0.6 is 0 Å². The van der Waals surface area contributed by atoms with E-state index in [0.29, 0.717) is 0 Å². The molecular weight excluding hydrogens is 701 g/mol. The third-order valence-electron chi connectivity index (χ3n) is 12.6. The van der Waals surface area contributed by atoms with E-state index in [4.69, 9.17) is 11.5 Å². The van der Waals surface area contributed by atoms with Crippen LogP contribution in [0.25, 0.3) is 0 Å². The second-order valence-electron chi connectivity index (χ2n) is 17.8. The fourth-order valence-corrected chi connectivity index (χ4v) is 8.81. The van der Waals surface area contributed by atoms with Crippen molar-refractivity contribution < 1.29 is 0 Å². The molecule has 4 rings (SSSR count). The Morgan fingerprint density at radius 3 is 0.862 bits per heavy atom. The molecule has 0 atom stereocenters. The normalized spacial score (nSPS) is 11.4. The first kappa shape index (κ1) is 47.2. The molecule has 0 aliphatic carbocycles. The molecule has 0 heterocycles. The van der Waals surface area contributed by atoms with E-state index in [0.717, 1.165) is 24.2 Å². The van der Waals surface area contributed by atoms with Crippen molar-refractivity contribution in [3.05, 3.63) is 129 Å². The van der Waals surface area contributed by atoms with Crippen molar-refractivity contribution in [3.8, 4) is 0 Å². The Morgan fingerprint density at radius 1 is 0.276 bits per heavy atom. The third kappa shape index (κ3) is 20.0. The monoisotopic (exact) mass is 785 g/mol. The van der Waals surface area contributed by atoms with E-state index in [-0.39, 0.29) is 0 Å². The lowest BCUT2D eigenvalue weighted by molar-refractivity contribution is 0.524. The van der Waals surface area contributed by atoms with E-state index in [2.05, 4.69) is 74.5 Å². The first-order chi connectivity index (χ1) is 28.5. The van der Waals surface area contributed by atoms with Gasteiger partial charge in [0.05, 0.1) is 0 Å². The minimum absolute atomic E-state index is 0.846. The second-order valence-corrected chi connectivity index (χ2v) is 17.8. The Labute approximate surface area is 357 Å². The van der Waals surface area contributed by atoms with Crippen LogP contribution in [0.2, 0.25) is 0 Å². The summed E-state index contributed by atoms with van der Waals surface area (Å²) >= 11 is 0. The fraction of sp³-hybridized carbons (Fsp3) is 0.571. The summed E-state index contributed by atoms with van der Waals surface area (Å²) in [5.41, 5.74) is 25.4. The average Bonchev–Trinajstić information content (AvgIpc) is 3.23. The van der Waals surface area contributed by atoms with Gasteiger partial charge in [-0.3, -0.25) is 0 Å². The van der Waals surface area contributed by atoms with Crippen molar-refractivity contribution in [2.75, 3.05) is 11.5 Å². The lowest BCUT2D eigenvalue weighted by Crippen LogP contribution is -1.99. The number of rotatable bonds is 33. The number of anilines is 2. The van der Waals surface area contributed by atoms with Crippen molar-refractivity contribution in [1.82, 2.24) is 0 Å². The van der Waals surface area contributed by atoms with Crippen LogP contribution in [0.15, 0.2) is 84.9 Å². The molecule has 2 nitrogen and oxygen atoms in total. The summed E-state index contributed by atoms with van der Waals surface area (Å²) in [6, 6.07) is 31.5. The summed E-state index contributed by atoms with van der Waals surface area (Å²) in [5.74, 6) is 0. The number of nitrogens with two attached hydrogens (primary N) is 2. The predicted molar refractivity (Wildman–Crippen MR) is 257 cm³/mol. The van der Waals surface area contributed by atoms with Gasteiger partial charge >= 0.3 is 0 Å².